The van der Waals surface area contributed by atoms with E-state index in [1.165, 1.54) is 24.4 Å². The van der Waals surface area contributed by atoms with E-state index in [-0.39, 0.29) is 36.6 Å². The summed E-state index contributed by atoms with van der Waals surface area (Å²) < 4.78 is 97.6. The maximum atomic E-state index is 13.7. The van der Waals surface area contributed by atoms with Crippen LogP contribution in [0.2, 0.25) is 0 Å². The van der Waals surface area contributed by atoms with Crippen molar-refractivity contribution in [2.75, 3.05) is 18.9 Å². The third-order valence-electron chi connectivity index (χ3n) is 7.89. The number of aromatic amines is 1. The maximum Gasteiger partial charge on any atom is 0.420 e. The first-order valence-electron chi connectivity index (χ1n) is 17.8. The summed E-state index contributed by atoms with van der Waals surface area (Å²) in [6.45, 7) is 16.5. The Morgan fingerprint density at radius 3 is 1.95 bits per heavy atom. The van der Waals surface area contributed by atoms with E-state index in [1.54, 1.807) is 46.8 Å². The maximum absolute atomic E-state index is 13.7. The molecular weight excluding hydrogens is 810 g/mol. The summed E-state index contributed by atoms with van der Waals surface area (Å²) in [7, 11) is 0. The van der Waals surface area contributed by atoms with Gasteiger partial charge in [-0.15, -0.1) is 0 Å². The number of rotatable bonds is 12. The summed E-state index contributed by atoms with van der Waals surface area (Å²) in [5.41, 5.74) is 9.44. The number of ether oxygens (including phenoxy) is 3. The van der Waals surface area contributed by atoms with Crippen LogP contribution in [0.25, 0.3) is 22.3 Å². The van der Waals surface area contributed by atoms with Gasteiger partial charge < -0.3 is 36.0 Å². The fraction of sp³-hybridized carbons (Fsp3) is 0.513. The molecule has 0 aliphatic carbocycles. The summed E-state index contributed by atoms with van der Waals surface area (Å²) in [5.74, 6) is 0.0839. The summed E-state index contributed by atoms with van der Waals surface area (Å²) in [6, 6.07) is 9.24. The highest BCUT2D eigenvalue weighted by Gasteiger charge is 2.37. The first-order chi connectivity index (χ1) is 25.6. The number of nitrogen functional groups attached to an aromatic ring is 1. The second kappa shape index (κ2) is 17.9. The number of pyridine rings is 1. The molecule has 2 heterocycles. The minimum absolute atomic E-state index is 0.0236. The number of benzene rings is 2. The molecule has 0 bridgehead atoms. The number of nitrogens with one attached hydrogen (secondary N) is 2. The third-order valence-corrected chi connectivity index (χ3v) is 8.39. The van der Waals surface area contributed by atoms with Crippen molar-refractivity contribution < 1.29 is 45.3 Å². The number of fused-ring (bicyclic) bond motifs is 1. The van der Waals surface area contributed by atoms with E-state index in [2.05, 4.69) is 36.2 Å². The van der Waals surface area contributed by atoms with Gasteiger partial charge in [-0.25, -0.2) is 9.78 Å². The lowest BCUT2D eigenvalue weighted by Crippen LogP contribution is -2.52. The van der Waals surface area contributed by atoms with Gasteiger partial charge in [0.2, 0.25) is 0 Å². The number of H-pyrrole nitrogens is 1. The molecule has 0 spiro atoms. The van der Waals surface area contributed by atoms with E-state index in [1.807, 2.05) is 27.7 Å². The number of aromatic nitrogens is 3. The Labute approximate surface area is 331 Å². The lowest BCUT2D eigenvalue weighted by Gasteiger charge is -2.33. The van der Waals surface area contributed by atoms with E-state index in [9.17, 15) is 31.1 Å². The first kappa shape index (κ1) is 46.1. The number of halogens is 7. The van der Waals surface area contributed by atoms with Crippen molar-refractivity contribution in [2.24, 2.45) is 17.6 Å². The summed E-state index contributed by atoms with van der Waals surface area (Å²) in [6.07, 6.45) is -7.17. The van der Waals surface area contributed by atoms with Gasteiger partial charge in [-0.1, -0.05) is 49.7 Å². The molecule has 0 unspecified atom stereocenters. The number of hydrogen-bond acceptors (Lipinski definition) is 8. The fourth-order valence-corrected chi connectivity index (χ4v) is 6.49. The molecule has 0 saturated heterocycles. The van der Waals surface area contributed by atoms with Crippen LogP contribution in [-0.4, -0.2) is 50.9 Å². The Morgan fingerprint density at radius 2 is 1.39 bits per heavy atom. The molecule has 4 rings (SSSR count). The van der Waals surface area contributed by atoms with Crippen LogP contribution >= 0.6 is 15.9 Å². The zero-order valence-electron chi connectivity index (χ0n) is 32.9. The molecule has 1 amide bonds. The van der Waals surface area contributed by atoms with Crippen LogP contribution in [0, 0.1) is 11.8 Å². The van der Waals surface area contributed by atoms with E-state index in [0.29, 0.717) is 45.5 Å². The van der Waals surface area contributed by atoms with Crippen molar-refractivity contribution >= 4 is 39.1 Å². The zero-order chi connectivity index (χ0) is 42.4. The number of nitrogens with zero attached hydrogens (tertiary/aromatic N) is 2. The number of amides is 1. The molecule has 0 radical (unpaired) electrons. The highest BCUT2D eigenvalue weighted by Crippen LogP contribution is 2.41. The molecule has 310 valence electrons. The Balaban J connectivity index is 0.000000301. The van der Waals surface area contributed by atoms with Crippen LogP contribution in [0.5, 0.6) is 11.5 Å². The normalized spacial score (nSPS) is 14.5. The van der Waals surface area contributed by atoms with Gasteiger partial charge in [-0.05, 0) is 101 Å². The van der Waals surface area contributed by atoms with Crippen LogP contribution in [0.3, 0.4) is 0 Å². The summed E-state index contributed by atoms with van der Waals surface area (Å²) in [4.78, 5) is 23.1. The Kier molecular flexibility index (Phi) is 14.8. The monoisotopic (exact) mass is 860 g/mol. The Bertz CT molecular complexity index is 1940. The molecule has 2 atom stereocenters. The molecule has 2 aromatic carbocycles. The van der Waals surface area contributed by atoms with Gasteiger partial charge in [0.1, 0.15) is 30.3 Å². The number of carbonyl (C=O) groups excluding carboxylic acids is 1. The van der Waals surface area contributed by atoms with Crippen molar-refractivity contribution in [2.45, 2.75) is 104 Å². The Morgan fingerprint density at radius 1 is 0.839 bits per heavy atom. The minimum Gasteiger partial charge on any atom is -0.491 e. The van der Waals surface area contributed by atoms with Crippen LogP contribution in [0.1, 0.15) is 86.3 Å². The SMILES string of the molecule is CC(C)C[C@@](C)(COc1ccc(Br)cc1C(F)(F)F)NC(=O)OC(C)(C)C.CC(C)C[C@](C)(N)COc1ccc(-c2ccnc3nc(N)[nH]c23)cc1C(F)(F)F. The molecule has 0 saturated carbocycles. The lowest BCUT2D eigenvalue weighted by atomic mass is 9.91. The molecule has 17 heteroatoms. The molecule has 0 aliphatic rings. The average molecular weight is 862 g/mol. The first-order valence-corrected chi connectivity index (χ1v) is 18.6. The Hall–Kier alpha value is -4.25. The van der Waals surface area contributed by atoms with Gasteiger partial charge >= 0.3 is 18.4 Å². The lowest BCUT2D eigenvalue weighted by molar-refractivity contribution is -0.140. The summed E-state index contributed by atoms with van der Waals surface area (Å²) in [5, 5.41) is 2.74. The molecule has 10 nitrogen and oxygen atoms in total. The second-order valence-corrected chi connectivity index (χ2v) is 17.1. The molecular formula is C39H51BrF6N6O4. The van der Waals surface area contributed by atoms with Gasteiger partial charge in [-0.2, -0.15) is 31.3 Å². The molecule has 0 fully saturated rings. The molecule has 0 aliphatic heterocycles. The van der Waals surface area contributed by atoms with Gasteiger partial charge in [0.15, 0.2) is 11.6 Å². The smallest absolute Gasteiger partial charge is 0.420 e. The predicted octanol–water partition coefficient (Wildman–Crippen LogP) is 10.5. The number of anilines is 1. The predicted molar refractivity (Wildman–Crippen MR) is 208 cm³/mol. The highest BCUT2D eigenvalue weighted by molar-refractivity contribution is 9.10. The van der Waals surface area contributed by atoms with E-state index < -0.39 is 46.3 Å². The van der Waals surface area contributed by atoms with Crippen molar-refractivity contribution in [1.82, 2.24) is 20.3 Å². The topological polar surface area (TPSA) is 150 Å². The van der Waals surface area contributed by atoms with E-state index >= 15 is 0 Å². The molecule has 6 N–H and O–H groups in total. The zero-order valence-corrected chi connectivity index (χ0v) is 34.5. The van der Waals surface area contributed by atoms with Gasteiger partial charge in [0.05, 0.1) is 22.2 Å². The van der Waals surface area contributed by atoms with Crippen molar-refractivity contribution in [3.8, 4) is 22.6 Å². The van der Waals surface area contributed by atoms with E-state index in [0.717, 1.165) is 12.1 Å². The summed E-state index contributed by atoms with van der Waals surface area (Å²) >= 11 is 3.04. The standard InChI is InChI=1S/C20H24F3N5O.C19H27BrF3NO3/c1-11(2)9-19(3,25)10-29-15-5-4-12(8-14(15)20(21,22)23)13-6-7-26-17-16(13)27-18(24)28-17;1-12(2)10-18(6,24-16(25)27-17(3,4)5)11-26-15-8-7-13(20)9-14(15)19(21,22)23/h4-8,11H,9-10,25H2,1-3H3,(H3,24,26,27,28);7-9,12H,10-11H2,1-6H3,(H,24,25)/t19-;18-/m00/s1. The van der Waals surface area contributed by atoms with E-state index in [4.69, 9.17) is 25.7 Å². The third kappa shape index (κ3) is 14.0. The van der Waals surface area contributed by atoms with Gasteiger partial charge in [-0.3, -0.25) is 0 Å². The van der Waals surface area contributed by atoms with Crippen LogP contribution in [0.4, 0.5) is 37.1 Å². The van der Waals surface area contributed by atoms with Crippen molar-refractivity contribution in [3.63, 3.8) is 0 Å². The van der Waals surface area contributed by atoms with Crippen LogP contribution in [0.15, 0.2) is 53.1 Å². The second-order valence-electron chi connectivity index (χ2n) is 16.1. The van der Waals surface area contributed by atoms with Gasteiger partial charge in [0, 0.05) is 21.8 Å². The number of alkyl carbamates (subject to hydrolysis) is 1. The average Bonchev–Trinajstić information content (AvgIpc) is 3.41. The molecule has 2 aromatic heterocycles. The molecule has 4 aromatic rings. The number of carbonyl (C=O) groups is 1. The quantitative estimate of drug-likeness (QED) is 0.103. The van der Waals surface area contributed by atoms with Crippen molar-refractivity contribution in [1.29, 1.82) is 0 Å². The largest absolute Gasteiger partial charge is 0.491 e. The minimum atomic E-state index is -4.59. The van der Waals surface area contributed by atoms with Crippen LogP contribution in [-0.2, 0) is 17.1 Å². The van der Waals surface area contributed by atoms with Gasteiger partial charge in [0.25, 0.3) is 0 Å². The fourth-order valence-electron chi connectivity index (χ4n) is 6.13. The number of alkyl halides is 6. The molecule has 56 heavy (non-hydrogen) atoms. The highest BCUT2D eigenvalue weighted by atomic mass is 79.9. The number of nitrogens with two attached hydrogens (primary N) is 2. The van der Waals surface area contributed by atoms with Crippen molar-refractivity contribution in [3.05, 3.63) is 64.3 Å². The number of hydrogen-bond donors (Lipinski definition) is 4. The van der Waals surface area contributed by atoms with Crippen LogP contribution < -0.4 is 26.3 Å². The number of imidazole rings is 1.